The summed E-state index contributed by atoms with van der Waals surface area (Å²) in [6.07, 6.45) is -2.97. The van der Waals surface area contributed by atoms with Gasteiger partial charge in [0.25, 0.3) is 0 Å². The Kier molecular flexibility index (Phi) is 5.48. The van der Waals surface area contributed by atoms with Crippen molar-refractivity contribution < 1.29 is 18.0 Å². The minimum Gasteiger partial charge on any atom is -0.353 e. The summed E-state index contributed by atoms with van der Waals surface area (Å²) in [6.45, 7) is 1.08. The maximum Gasteiger partial charge on any atom is 0.435 e. The van der Waals surface area contributed by atoms with Crippen LogP contribution in [-0.4, -0.2) is 39.0 Å². The smallest absolute Gasteiger partial charge is 0.353 e. The fraction of sp³-hybridized carbons (Fsp3) is 0.167. The van der Waals surface area contributed by atoms with Gasteiger partial charge in [0.05, 0.1) is 17.3 Å². The highest BCUT2D eigenvalue weighted by Crippen LogP contribution is 2.33. The van der Waals surface area contributed by atoms with Crippen molar-refractivity contribution in [1.29, 1.82) is 0 Å². The number of para-hydroxylation sites is 1. The second-order valence-electron chi connectivity index (χ2n) is 7.91. The number of nitrogens with one attached hydrogen (secondary N) is 1. The molecule has 0 unspecified atom stereocenters. The summed E-state index contributed by atoms with van der Waals surface area (Å²) >= 11 is 0. The molecular formula is C24H19F3N6O. The molecule has 10 heteroatoms. The Bertz CT molecular complexity index is 1280. The Morgan fingerprint density at radius 1 is 0.971 bits per heavy atom. The highest BCUT2D eigenvalue weighted by Gasteiger charge is 2.35. The van der Waals surface area contributed by atoms with Gasteiger partial charge in [-0.25, -0.2) is 4.68 Å². The zero-order valence-corrected chi connectivity index (χ0v) is 17.8. The van der Waals surface area contributed by atoms with E-state index in [0.29, 0.717) is 35.7 Å². The van der Waals surface area contributed by atoms with Crippen molar-refractivity contribution in [2.75, 3.05) is 23.3 Å². The second-order valence-corrected chi connectivity index (χ2v) is 7.91. The second kappa shape index (κ2) is 8.62. The molecule has 2 aromatic carbocycles. The van der Waals surface area contributed by atoms with Crippen LogP contribution in [0.5, 0.6) is 0 Å². The molecule has 4 aromatic rings. The summed E-state index contributed by atoms with van der Waals surface area (Å²) in [6, 6.07) is 19.9. The van der Waals surface area contributed by atoms with Crippen LogP contribution in [0, 0.1) is 5.92 Å². The summed E-state index contributed by atoms with van der Waals surface area (Å²) < 4.78 is 41.3. The first kappa shape index (κ1) is 21.6. The topological polar surface area (TPSA) is 75.9 Å². The van der Waals surface area contributed by atoms with Crippen molar-refractivity contribution in [1.82, 2.24) is 20.0 Å². The Labute approximate surface area is 192 Å². The van der Waals surface area contributed by atoms with Gasteiger partial charge in [-0.2, -0.15) is 23.4 Å². The number of nitrogens with zero attached hydrogens (tertiary/aromatic N) is 5. The number of anilines is 2. The number of carbonyl (C=O) groups excluding carboxylic acids is 1. The number of alkyl halides is 3. The van der Waals surface area contributed by atoms with E-state index in [1.165, 1.54) is 4.68 Å². The van der Waals surface area contributed by atoms with E-state index in [1.54, 1.807) is 66.9 Å². The van der Waals surface area contributed by atoms with Crippen molar-refractivity contribution in [3.05, 3.63) is 84.7 Å². The lowest BCUT2D eigenvalue weighted by molar-refractivity contribution is -0.141. The standard InChI is InChI=1S/C24H19F3N6O/c25-24(26,27)21-13-20(33(31-21)19-5-2-1-3-6-19)16-8-10-18(11-9-16)29-23(34)17-14-32(15-17)22-7-4-12-28-30-22/h1-13,17H,14-15H2,(H,29,34). The predicted octanol–water partition coefficient (Wildman–Crippen LogP) is 4.42. The van der Waals surface area contributed by atoms with Gasteiger partial charge < -0.3 is 10.2 Å². The molecule has 1 aliphatic heterocycles. The molecule has 5 rings (SSSR count). The minimum absolute atomic E-state index is 0.124. The fourth-order valence-electron chi connectivity index (χ4n) is 3.75. The number of halogens is 3. The summed E-state index contributed by atoms with van der Waals surface area (Å²) in [5.74, 6) is 0.418. The molecule has 0 bridgehead atoms. The van der Waals surface area contributed by atoms with Gasteiger partial charge in [0, 0.05) is 30.5 Å². The maximum absolute atomic E-state index is 13.3. The monoisotopic (exact) mass is 464 g/mol. The van der Waals surface area contributed by atoms with Crippen molar-refractivity contribution in [2.24, 2.45) is 5.92 Å². The number of rotatable bonds is 5. The van der Waals surface area contributed by atoms with Crippen LogP contribution in [0.3, 0.4) is 0 Å². The van der Waals surface area contributed by atoms with Crippen LogP contribution in [0.2, 0.25) is 0 Å². The highest BCUT2D eigenvalue weighted by molar-refractivity contribution is 5.94. The first-order valence-electron chi connectivity index (χ1n) is 10.5. The van der Waals surface area contributed by atoms with E-state index in [0.717, 1.165) is 11.9 Å². The zero-order valence-electron chi connectivity index (χ0n) is 17.8. The number of benzene rings is 2. The molecule has 1 aliphatic rings. The molecule has 1 N–H and O–H groups in total. The van der Waals surface area contributed by atoms with Crippen molar-refractivity contribution in [3.8, 4) is 16.9 Å². The molecule has 1 saturated heterocycles. The van der Waals surface area contributed by atoms with Crippen molar-refractivity contribution in [2.45, 2.75) is 6.18 Å². The first-order valence-corrected chi connectivity index (χ1v) is 10.5. The van der Waals surface area contributed by atoms with Crippen LogP contribution >= 0.6 is 0 Å². The first-order chi connectivity index (χ1) is 16.4. The van der Waals surface area contributed by atoms with Crippen molar-refractivity contribution >= 4 is 17.4 Å². The van der Waals surface area contributed by atoms with Gasteiger partial charge in [-0.3, -0.25) is 4.79 Å². The predicted molar refractivity (Wildman–Crippen MR) is 120 cm³/mol. The van der Waals surface area contributed by atoms with Crippen LogP contribution in [0.1, 0.15) is 5.69 Å². The SMILES string of the molecule is O=C(Nc1ccc(-c2cc(C(F)(F)F)nn2-c2ccccc2)cc1)C1CN(c2cccnn2)C1. The zero-order chi connectivity index (χ0) is 23.7. The lowest BCUT2D eigenvalue weighted by Gasteiger charge is -2.38. The Morgan fingerprint density at radius 3 is 2.35 bits per heavy atom. The van der Waals surface area contributed by atoms with Crippen LogP contribution in [-0.2, 0) is 11.0 Å². The number of amides is 1. The van der Waals surface area contributed by atoms with Crippen LogP contribution in [0.25, 0.3) is 16.9 Å². The Balaban J connectivity index is 1.31. The van der Waals surface area contributed by atoms with Gasteiger partial charge in [0.1, 0.15) is 0 Å². The molecular weight excluding hydrogens is 445 g/mol. The van der Waals surface area contributed by atoms with Gasteiger partial charge in [-0.1, -0.05) is 30.3 Å². The van der Waals surface area contributed by atoms with Gasteiger partial charge in [0.2, 0.25) is 5.91 Å². The minimum atomic E-state index is -4.56. The van der Waals surface area contributed by atoms with E-state index >= 15 is 0 Å². The molecule has 1 amide bonds. The Morgan fingerprint density at radius 2 is 1.71 bits per heavy atom. The van der Waals surface area contributed by atoms with Gasteiger partial charge in [-0.05, 0) is 42.5 Å². The maximum atomic E-state index is 13.3. The van der Waals surface area contributed by atoms with E-state index in [1.807, 2.05) is 11.0 Å². The number of carbonyl (C=O) groups is 1. The molecule has 0 spiro atoms. The molecule has 0 atom stereocenters. The summed E-state index contributed by atoms with van der Waals surface area (Å²) in [4.78, 5) is 14.5. The fourth-order valence-corrected chi connectivity index (χ4v) is 3.75. The average Bonchev–Trinajstić information content (AvgIpc) is 3.26. The van der Waals surface area contributed by atoms with Crippen LogP contribution in [0.4, 0.5) is 24.7 Å². The molecule has 172 valence electrons. The quantitative estimate of drug-likeness (QED) is 0.473. The van der Waals surface area contributed by atoms with Gasteiger partial charge in [0.15, 0.2) is 11.5 Å². The van der Waals surface area contributed by atoms with E-state index in [-0.39, 0.29) is 11.8 Å². The van der Waals surface area contributed by atoms with E-state index in [4.69, 9.17) is 0 Å². The molecule has 7 nitrogen and oxygen atoms in total. The molecule has 0 aliphatic carbocycles. The third-order valence-corrected chi connectivity index (χ3v) is 5.58. The lowest BCUT2D eigenvalue weighted by Crippen LogP contribution is -2.52. The van der Waals surface area contributed by atoms with E-state index in [9.17, 15) is 18.0 Å². The summed E-state index contributed by atoms with van der Waals surface area (Å²) in [5.41, 5.74) is 0.954. The molecule has 0 saturated carbocycles. The molecule has 34 heavy (non-hydrogen) atoms. The van der Waals surface area contributed by atoms with Crippen LogP contribution in [0.15, 0.2) is 79.0 Å². The average molecular weight is 464 g/mol. The van der Waals surface area contributed by atoms with Crippen molar-refractivity contribution in [3.63, 3.8) is 0 Å². The summed E-state index contributed by atoms with van der Waals surface area (Å²) in [5, 5.41) is 14.5. The molecule has 1 fully saturated rings. The van der Waals surface area contributed by atoms with Crippen LogP contribution < -0.4 is 10.2 Å². The number of aromatic nitrogens is 4. The largest absolute Gasteiger partial charge is 0.435 e. The normalized spacial score (nSPS) is 14.0. The lowest BCUT2D eigenvalue weighted by atomic mass is 9.99. The summed E-state index contributed by atoms with van der Waals surface area (Å²) in [7, 11) is 0. The third kappa shape index (κ3) is 4.34. The molecule has 2 aromatic heterocycles. The third-order valence-electron chi connectivity index (χ3n) is 5.58. The number of hydrogen-bond donors (Lipinski definition) is 1. The van der Waals surface area contributed by atoms with Gasteiger partial charge >= 0.3 is 6.18 Å². The molecule has 3 heterocycles. The van der Waals surface area contributed by atoms with E-state index < -0.39 is 11.9 Å². The molecule has 0 radical (unpaired) electrons. The number of hydrogen-bond acceptors (Lipinski definition) is 5. The Hall–Kier alpha value is -4.21. The van der Waals surface area contributed by atoms with E-state index in [2.05, 4.69) is 20.6 Å². The highest BCUT2D eigenvalue weighted by atomic mass is 19.4. The van der Waals surface area contributed by atoms with Gasteiger partial charge in [-0.15, -0.1) is 5.10 Å².